The highest BCUT2D eigenvalue weighted by molar-refractivity contribution is 7.85. The van der Waals surface area contributed by atoms with Crippen molar-refractivity contribution in [3.8, 4) is 0 Å². The van der Waals surface area contributed by atoms with E-state index < -0.39 is 16.8 Å². The van der Waals surface area contributed by atoms with E-state index in [0.717, 1.165) is 4.90 Å². The number of allylic oxidation sites excluding steroid dienone is 2. The van der Waals surface area contributed by atoms with Gasteiger partial charge in [0.2, 0.25) is 0 Å². The van der Waals surface area contributed by atoms with E-state index in [1.807, 2.05) is 44.2 Å². The maximum absolute atomic E-state index is 13.3. The summed E-state index contributed by atoms with van der Waals surface area (Å²) in [6.45, 7) is 7.31. The number of oxime groups is 1. The third kappa shape index (κ3) is 7.48. The summed E-state index contributed by atoms with van der Waals surface area (Å²) in [7, 11) is -1.22. The molecular formula is C28H30ClNO5S. The van der Waals surface area contributed by atoms with Crippen LogP contribution in [0.25, 0.3) is 0 Å². The lowest BCUT2D eigenvalue weighted by Gasteiger charge is -2.27. The number of ketones is 1. The molecule has 0 bridgehead atoms. The predicted molar refractivity (Wildman–Crippen MR) is 142 cm³/mol. The van der Waals surface area contributed by atoms with Gasteiger partial charge in [0, 0.05) is 23.0 Å². The van der Waals surface area contributed by atoms with Crippen molar-refractivity contribution in [2.45, 2.75) is 49.7 Å². The smallest absolute Gasteiger partial charge is 0.343 e. The van der Waals surface area contributed by atoms with Gasteiger partial charge >= 0.3 is 5.97 Å². The molecule has 0 aromatic heterocycles. The number of rotatable bonds is 11. The monoisotopic (exact) mass is 527 g/mol. The molecule has 0 amide bonds. The van der Waals surface area contributed by atoms with Crippen LogP contribution in [-0.2, 0) is 25.2 Å². The number of hydrogen-bond acceptors (Lipinski definition) is 6. The van der Waals surface area contributed by atoms with Gasteiger partial charge in [-0.3, -0.25) is 9.00 Å². The van der Waals surface area contributed by atoms with E-state index in [4.69, 9.17) is 21.2 Å². The second-order valence-electron chi connectivity index (χ2n) is 8.59. The standard InChI is InChI=1S/C28H30ClNO5S/c1-4-24(30-34-18-19(2)29)27-25(31)16-21(15-20(3)36(33)23-13-9-6-10-14-23)17-26(27)35-28(32)22-11-7-5-8-12-22/h5-14,20-21H,2,4,15-18H2,1,3H3/b30-24+. The first-order valence-corrected chi connectivity index (χ1v) is 13.4. The number of carbonyl (C=O) groups is 2. The summed E-state index contributed by atoms with van der Waals surface area (Å²) < 4.78 is 18.8. The van der Waals surface area contributed by atoms with Crippen LogP contribution in [0.5, 0.6) is 0 Å². The van der Waals surface area contributed by atoms with Crippen LogP contribution in [0.3, 0.4) is 0 Å². The van der Waals surface area contributed by atoms with E-state index >= 15 is 0 Å². The zero-order chi connectivity index (χ0) is 26.1. The van der Waals surface area contributed by atoms with Gasteiger partial charge in [0.25, 0.3) is 0 Å². The maximum atomic E-state index is 13.3. The van der Waals surface area contributed by atoms with Gasteiger partial charge in [-0.15, -0.1) is 0 Å². The van der Waals surface area contributed by atoms with Gasteiger partial charge in [0.1, 0.15) is 5.76 Å². The lowest BCUT2D eigenvalue weighted by molar-refractivity contribution is -0.116. The Hall–Kier alpha value is -3.03. The number of nitrogens with zero attached hydrogens (tertiary/aromatic N) is 1. The molecule has 2 aromatic rings. The van der Waals surface area contributed by atoms with Crippen molar-refractivity contribution >= 4 is 39.9 Å². The highest BCUT2D eigenvalue weighted by atomic mass is 35.5. The SMILES string of the molecule is C=C(Cl)CO/N=C(\CC)C1=C(OC(=O)c2ccccc2)CC(CC(C)S(=O)c2ccccc2)CC1=O. The van der Waals surface area contributed by atoms with Crippen LogP contribution in [0, 0.1) is 5.92 Å². The molecule has 8 heteroatoms. The lowest BCUT2D eigenvalue weighted by Crippen LogP contribution is -2.29. The Bertz CT molecular complexity index is 1180. The van der Waals surface area contributed by atoms with Crippen LogP contribution in [-0.4, -0.2) is 33.5 Å². The number of esters is 1. The molecular weight excluding hydrogens is 498 g/mol. The van der Waals surface area contributed by atoms with E-state index in [1.165, 1.54) is 0 Å². The Kier molecular flexibility index (Phi) is 10.2. The molecule has 36 heavy (non-hydrogen) atoms. The number of ether oxygens (including phenoxy) is 1. The highest BCUT2D eigenvalue weighted by Crippen LogP contribution is 2.34. The molecule has 0 radical (unpaired) electrons. The summed E-state index contributed by atoms with van der Waals surface area (Å²) in [5, 5.41) is 4.18. The largest absolute Gasteiger partial charge is 0.427 e. The Morgan fingerprint density at radius 3 is 2.39 bits per heavy atom. The van der Waals surface area contributed by atoms with Crippen molar-refractivity contribution in [3.63, 3.8) is 0 Å². The minimum absolute atomic E-state index is 0.00287. The van der Waals surface area contributed by atoms with Crippen LogP contribution in [0.1, 0.15) is 49.9 Å². The third-order valence-corrected chi connectivity index (χ3v) is 7.53. The van der Waals surface area contributed by atoms with Crippen molar-refractivity contribution in [3.05, 3.63) is 89.2 Å². The average Bonchev–Trinajstić information content (AvgIpc) is 2.87. The second kappa shape index (κ2) is 13.3. The molecule has 0 saturated carbocycles. The zero-order valence-electron chi connectivity index (χ0n) is 20.4. The molecule has 0 aliphatic heterocycles. The first-order valence-electron chi connectivity index (χ1n) is 11.8. The Labute approximate surface area is 219 Å². The van der Waals surface area contributed by atoms with Gasteiger partial charge in [-0.2, -0.15) is 0 Å². The average molecular weight is 528 g/mol. The van der Waals surface area contributed by atoms with Crippen LogP contribution in [0.2, 0.25) is 0 Å². The third-order valence-electron chi connectivity index (χ3n) is 5.76. The van der Waals surface area contributed by atoms with Gasteiger partial charge in [0.15, 0.2) is 12.4 Å². The molecule has 3 atom stereocenters. The Morgan fingerprint density at radius 1 is 1.14 bits per heavy atom. The molecule has 0 N–H and O–H groups in total. The maximum Gasteiger partial charge on any atom is 0.343 e. The summed E-state index contributed by atoms with van der Waals surface area (Å²) >= 11 is 5.76. The van der Waals surface area contributed by atoms with Crippen molar-refractivity contribution in [2.24, 2.45) is 11.1 Å². The van der Waals surface area contributed by atoms with E-state index in [9.17, 15) is 13.8 Å². The van der Waals surface area contributed by atoms with Crippen molar-refractivity contribution in [2.75, 3.05) is 6.61 Å². The molecule has 6 nitrogen and oxygen atoms in total. The summed E-state index contributed by atoms with van der Waals surface area (Å²) in [4.78, 5) is 32.2. The van der Waals surface area contributed by atoms with E-state index in [-0.39, 0.29) is 46.3 Å². The predicted octanol–water partition coefficient (Wildman–Crippen LogP) is 6.20. The summed E-state index contributed by atoms with van der Waals surface area (Å²) in [6.07, 6.45) is 1.51. The second-order valence-corrected chi connectivity index (χ2v) is 11.0. The molecule has 0 fully saturated rings. The number of carbonyl (C=O) groups excluding carboxylic acids is 2. The fourth-order valence-corrected chi connectivity index (χ4v) is 5.48. The van der Waals surface area contributed by atoms with Crippen LogP contribution < -0.4 is 0 Å². The fourth-order valence-electron chi connectivity index (χ4n) is 4.09. The van der Waals surface area contributed by atoms with Gasteiger partial charge in [-0.05, 0) is 43.0 Å². The molecule has 0 saturated heterocycles. The molecule has 0 spiro atoms. The lowest BCUT2D eigenvalue weighted by atomic mass is 9.82. The number of benzene rings is 2. The first-order chi connectivity index (χ1) is 17.3. The van der Waals surface area contributed by atoms with Crippen LogP contribution in [0.15, 0.2) is 93.7 Å². The van der Waals surface area contributed by atoms with Crippen LogP contribution in [0.4, 0.5) is 0 Å². The van der Waals surface area contributed by atoms with Crippen molar-refractivity contribution in [1.29, 1.82) is 0 Å². The van der Waals surface area contributed by atoms with Gasteiger partial charge < -0.3 is 9.57 Å². The Morgan fingerprint density at radius 2 is 1.78 bits per heavy atom. The summed E-state index contributed by atoms with van der Waals surface area (Å²) in [6, 6.07) is 17.9. The molecule has 1 aliphatic rings. The molecule has 0 heterocycles. The van der Waals surface area contributed by atoms with Gasteiger partial charge in [-0.25, -0.2) is 4.79 Å². The number of Topliss-reactive ketones (excluding diaryl/α,β-unsaturated/α-hetero) is 1. The fraction of sp³-hybridized carbons (Fsp3) is 0.321. The first kappa shape index (κ1) is 27.6. The minimum atomic E-state index is -1.22. The van der Waals surface area contributed by atoms with Crippen molar-refractivity contribution in [1.82, 2.24) is 0 Å². The zero-order valence-corrected chi connectivity index (χ0v) is 22.0. The molecule has 190 valence electrons. The van der Waals surface area contributed by atoms with Crippen LogP contribution >= 0.6 is 11.6 Å². The quantitative estimate of drug-likeness (QED) is 0.197. The van der Waals surface area contributed by atoms with Crippen molar-refractivity contribution < 1.29 is 23.4 Å². The molecule has 3 unspecified atom stereocenters. The summed E-state index contributed by atoms with van der Waals surface area (Å²) in [5.41, 5.74) is 1.02. The molecule has 2 aromatic carbocycles. The van der Waals surface area contributed by atoms with E-state index in [0.29, 0.717) is 30.5 Å². The van der Waals surface area contributed by atoms with E-state index in [2.05, 4.69) is 11.7 Å². The van der Waals surface area contributed by atoms with E-state index in [1.54, 1.807) is 30.3 Å². The topological polar surface area (TPSA) is 82.0 Å². The van der Waals surface area contributed by atoms with Gasteiger partial charge in [-0.1, -0.05) is 73.6 Å². The number of halogens is 1. The summed E-state index contributed by atoms with van der Waals surface area (Å²) in [5.74, 6) is -0.613. The number of hydrogen-bond donors (Lipinski definition) is 0. The van der Waals surface area contributed by atoms with Gasteiger partial charge in [0.05, 0.1) is 32.7 Å². The molecule has 3 rings (SSSR count). The molecule has 1 aliphatic carbocycles. The minimum Gasteiger partial charge on any atom is -0.427 e. The highest BCUT2D eigenvalue weighted by Gasteiger charge is 2.34. The normalized spacial score (nSPS) is 17.9. The Balaban J connectivity index is 1.87.